The molecule has 7 rings (SSSR count). The van der Waals surface area contributed by atoms with Crippen LogP contribution in [-0.4, -0.2) is 6.54 Å². The summed E-state index contributed by atoms with van der Waals surface area (Å²) in [5, 5.41) is 6.01. The number of hydrogen-bond donors (Lipinski definition) is 0. The number of halogens is 1. The highest BCUT2D eigenvalue weighted by Gasteiger charge is 2.27. The van der Waals surface area contributed by atoms with Crippen LogP contribution in [0.3, 0.4) is 0 Å². The first kappa shape index (κ1) is 26.6. The van der Waals surface area contributed by atoms with Crippen molar-refractivity contribution < 1.29 is 4.57 Å². The first-order valence-electron chi connectivity index (χ1n) is 14.4. The van der Waals surface area contributed by atoms with Crippen LogP contribution in [0.5, 0.6) is 0 Å². The van der Waals surface area contributed by atoms with Crippen molar-refractivity contribution in [2.24, 2.45) is 0 Å². The van der Waals surface area contributed by atoms with Crippen molar-refractivity contribution in [3.8, 4) is 0 Å². The second kappa shape index (κ2) is 11.2. The van der Waals surface area contributed by atoms with Crippen molar-refractivity contribution >= 4 is 67.5 Å². The highest BCUT2D eigenvalue weighted by molar-refractivity contribution is 8.03. The molecule has 4 aromatic carbocycles. The third-order valence-corrected chi connectivity index (χ3v) is 10.6. The molecule has 0 fully saturated rings. The number of aromatic nitrogens is 1. The third kappa shape index (κ3) is 5.03. The number of thioether (sulfide) groups is 1. The number of benzene rings is 4. The van der Waals surface area contributed by atoms with Crippen LogP contribution in [0.4, 0.5) is 5.69 Å². The topological polar surface area (TPSA) is 7.12 Å². The molecule has 2 aliphatic rings. The van der Waals surface area contributed by atoms with Crippen LogP contribution in [0.2, 0.25) is 5.02 Å². The van der Waals surface area contributed by atoms with Crippen molar-refractivity contribution in [2.75, 3.05) is 11.4 Å². The zero-order chi connectivity index (χ0) is 27.9. The van der Waals surface area contributed by atoms with E-state index in [1.807, 2.05) is 29.2 Å². The number of allylic oxidation sites excluding steroid dienone is 4. The summed E-state index contributed by atoms with van der Waals surface area (Å²) in [5.41, 5.74) is 6.74. The monoisotopic (exact) mass is 591 g/mol. The van der Waals surface area contributed by atoms with E-state index in [9.17, 15) is 0 Å². The van der Waals surface area contributed by atoms with Crippen LogP contribution in [-0.2, 0) is 6.54 Å². The zero-order valence-electron chi connectivity index (χ0n) is 23.3. The Morgan fingerprint density at radius 2 is 1.76 bits per heavy atom. The number of anilines is 1. The molecule has 5 aromatic rings. The minimum Gasteiger partial charge on any atom is -0.335 e. The molecule has 1 aliphatic heterocycles. The van der Waals surface area contributed by atoms with E-state index in [1.165, 1.54) is 58.3 Å². The highest BCUT2D eigenvalue weighted by Crippen LogP contribution is 2.48. The summed E-state index contributed by atoms with van der Waals surface area (Å²) >= 11 is 10.1. The number of fused-ring (bicyclic) bond motifs is 4. The second-order valence-corrected chi connectivity index (χ2v) is 13.3. The first-order chi connectivity index (χ1) is 20.1. The normalized spacial score (nSPS) is 19.0. The molecule has 1 atom stereocenters. The molecule has 1 aliphatic carbocycles. The van der Waals surface area contributed by atoms with Gasteiger partial charge in [-0.25, -0.2) is 0 Å². The summed E-state index contributed by atoms with van der Waals surface area (Å²) in [6, 6.07) is 30.6. The first-order valence-corrected chi connectivity index (χ1v) is 16.4. The lowest BCUT2D eigenvalue weighted by Gasteiger charge is -2.25. The molecule has 2 nitrogen and oxygen atoms in total. The molecule has 41 heavy (non-hydrogen) atoms. The van der Waals surface area contributed by atoms with Gasteiger partial charge in [0.2, 0.25) is 5.52 Å². The van der Waals surface area contributed by atoms with Gasteiger partial charge in [-0.2, -0.15) is 4.57 Å². The van der Waals surface area contributed by atoms with Crippen LogP contribution in [0, 0.1) is 0 Å². The van der Waals surface area contributed by atoms with Crippen molar-refractivity contribution in [3.05, 3.63) is 129 Å². The smallest absolute Gasteiger partial charge is 0.263 e. The second-order valence-electron chi connectivity index (χ2n) is 10.7. The van der Waals surface area contributed by atoms with Gasteiger partial charge in [-0.1, -0.05) is 95.4 Å². The Kier molecular flexibility index (Phi) is 7.24. The van der Waals surface area contributed by atoms with Crippen molar-refractivity contribution in [1.29, 1.82) is 0 Å². The molecule has 2 heterocycles. The van der Waals surface area contributed by atoms with Gasteiger partial charge >= 0.3 is 0 Å². The SMILES string of the molecule is CCN1C(=CC2=CC(=Cc3sc4ccc5ccccc5c4[n+]3CC)CC(c3ccccc3)C2)Sc2ccc(Cl)cc21. The van der Waals surface area contributed by atoms with E-state index in [4.69, 9.17) is 11.6 Å². The highest BCUT2D eigenvalue weighted by atomic mass is 35.5. The molecule has 0 radical (unpaired) electrons. The summed E-state index contributed by atoms with van der Waals surface area (Å²) in [4.78, 5) is 3.67. The van der Waals surface area contributed by atoms with E-state index in [1.54, 1.807) is 0 Å². The van der Waals surface area contributed by atoms with Gasteiger partial charge in [0.05, 0.1) is 16.1 Å². The number of nitrogens with zero attached hydrogens (tertiary/aromatic N) is 2. The zero-order valence-corrected chi connectivity index (χ0v) is 25.7. The molecule has 0 amide bonds. The van der Waals surface area contributed by atoms with E-state index < -0.39 is 0 Å². The maximum Gasteiger partial charge on any atom is 0.263 e. The average Bonchev–Trinajstić information content (AvgIpc) is 3.53. The summed E-state index contributed by atoms with van der Waals surface area (Å²) in [5.74, 6) is 0.447. The van der Waals surface area contributed by atoms with Crippen LogP contribution in [0.25, 0.3) is 27.1 Å². The molecule has 204 valence electrons. The van der Waals surface area contributed by atoms with E-state index >= 15 is 0 Å². The molecule has 5 heteroatoms. The molecule has 0 bridgehead atoms. The third-order valence-electron chi connectivity index (χ3n) is 8.16. The van der Waals surface area contributed by atoms with Crippen LogP contribution < -0.4 is 9.47 Å². The lowest BCUT2D eigenvalue weighted by Crippen LogP contribution is -2.33. The van der Waals surface area contributed by atoms with E-state index in [0.717, 1.165) is 31.0 Å². The Morgan fingerprint density at radius 1 is 0.927 bits per heavy atom. The quantitative estimate of drug-likeness (QED) is 0.188. The number of thiazole rings is 1. The van der Waals surface area contributed by atoms with E-state index in [0.29, 0.717) is 5.92 Å². The Balaban J connectivity index is 1.33. The summed E-state index contributed by atoms with van der Waals surface area (Å²) < 4.78 is 3.84. The number of aryl methyl sites for hydroxylation is 1. The van der Waals surface area contributed by atoms with Crippen molar-refractivity contribution in [3.63, 3.8) is 0 Å². The fourth-order valence-corrected chi connectivity index (χ4v) is 8.85. The maximum absolute atomic E-state index is 6.38. The lowest BCUT2D eigenvalue weighted by molar-refractivity contribution is -0.664. The molecular formula is C36H32ClN2S2+. The van der Waals surface area contributed by atoms with Gasteiger partial charge in [-0.3, -0.25) is 0 Å². The van der Waals surface area contributed by atoms with Crippen LogP contribution in [0.1, 0.15) is 43.2 Å². The van der Waals surface area contributed by atoms with Gasteiger partial charge in [0, 0.05) is 22.5 Å². The van der Waals surface area contributed by atoms with Gasteiger partial charge in [0.15, 0.2) is 0 Å². The number of rotatable bonds is 5. The molecule has 1 aromatic heterocycles. The molecule has 0 spiro atoms. The predicted octanol–water partition coefficient (Wildman–Crippen LogP) is 10.4. The summed E-state index contributed by atoms with van der Waals surface area (Å²) in [6.45, 7) is 6.33. The Bertz CT molecular complexity index is 1870. The minimum atomic E-state index is 0.447. The number of hydrogen-bond acceptors (Lipinski definition) is 3. The lowest BCUT2D eigenvalue weighted by atomic mass is 9.81. The Morgan fingerprint density at radius 3 is 2.59 bits per heavy atom. The Hall–Kier alpha value is -3.31. The van der Waals surface area contributed by atoms with Gasteiger partial charge < -0.3 is 4.90 Å². The van der Waals surface area contributed by atoms with Gasteiger partial charge in [0.1, 0.15) is 11.2 Å². The average molecular weight is 592 g/mol. The van der Waals surface area contributed by atoms with Crippen LogP contribution >= 0.6 is 34.7 Å². The standard InChI is InChI=1S/C36H32ClN2S2/c1-3-38-31-23-29(37)15-17-32(31)40-34(38)21-24-18-25(20-28(19-24)26-10-6-5-7-11-26)22-35-39(4-2)36-30-13-9-8-12-27(30)14-16-33(36)41-35/h5-18,21-23,28H,3-4,19-20H2,1-2H3/q+1. The van der Waals surface area contributed by atoms with E-state index in [-0.39, 0.29) is 0 Å². The molecule has 0 saturated heterocycles. The fourth-order valence-electron chi connectivity index (χ4n) is 6.28. The van der Waals surface area contributed by atoms with Crippen molar-refractivity contribution in [2.45, 2.75) is 44.0 Å². The van der Waals surface area contributed by atoms with E-state index in [2.05, 4.69) is 120 Å². The molecule has 1 unspecified atom stereocenters. The molecule has 0 N–H and O–H groups in total. The molecular weight excluding hydrogens is 560 g/mol. The largest absolute Gasteiger partial charge is 0.335 e. The minimum absolute atomic E-state index is 0.447. The summed E-state index contributed by atoms with van der Waals surface area (Å²) in [6.07, 6.45) is 9.38. The van der Waals surface area contributed by atoms with Crippen molar-refractivity contribution in [1.82, 2.24) is 0 Å². The maximum atomic E-state index is 6.38. The Labute approximate surface area is 255 Å². The predicted molar refractivity (Wildman–Crippen MR) is 178 cm³/mol. The van der Waals surface area contributed by atoms with Gasteiger partial charge in [0.25, 0.3) is 5.01 Å². The fraction of sp³-hybridized carbons (Fsp3) is 0.194. The van der Waals surface area contributed by atoms with Crippen LogP contribution in [0.15, 0.2) is 118 Å². The summed E-state index contributed by atoms with van der Waals surface area (Å²) in [7, 11) is 0. The van der Waals surface area contributed by atoms with Gasteiger partial charge in [-0.15, -0.1) is 0 Å². The van der Waals surface area contributed by atoms with Gasteiger partial charge in [-0.05, 0) is 91.1 Å². The molecule has 0 saturated carbocycles.